The number of fused-ring (bicyclic) bond motifs is 6. The van der Waals surface area contributed by atoms with Gasteiger partial charge in [-0.05, 0) is 36.4 Å². The molecule has 6 aromatic rings. The van der Waals surface area contributed by atoms with Crippen LogP contribution < -0.4 is 43.9 Å². The number of nitrogens with zero attached hydrogens (tertiary/aromatic N) is 2. The van der Waals surface area contributed by atoms with Gasteiger partial charge in [0, 0.05) is 46.1 Å². The number of hydrogen-bond acceptors (Lipinski definition) is 2. The van der Waals surface area contributed by atoms with E-state index in [2.05, 4.69) is 68.5 Å². The molecule has 4 nitrogen and oxygen atoms in total. The quantitative estimate of drug-likeness (QED) is 0.226. The molecule has 6 heteroatoms. The van der Waals surface area contributed by atoms with Crippen LogP contribution in [0.15, 0.2) is 97.6 Å². The second kappa shape index (κ2) is 9.69. The molecule has 0 saturated carbocycles. The zero-order chi connectivity index (χ0) is 18.8. The fourth-order valence-electron chi connectivity index (χ4n) is 3.47. The van der Waals surface area contributed by atoms with Gasteiger partial charge < -0.3 is 34.0 Å². The van der Waals surface area contributed by atoms with Gasteiger partial charge in [-0.1, -0.05) is 24.3 Å². The van der Waals surface area contributed by atoms with E-state index in [0.29, 0.717) is 0 Å². The Hall–Kier alpha value is -2.96. The fraction of sp³-hybridized carbons (Fsp3) is 0. The van der Waals surface area contributed by atoms with Crippen molar-refractivity contribution < 1.29 is 43.9 Å². The van der Waals surface area contributed by atoms with Crippen LogP contribution in [-0.2, 0) is 0 Å². The van der Waals surface area contributed by atoms with E-state index in [-0.39, 0.29) is 34.0 Å². The van der Waals surface area contributed by atoms with E-state index in [1.807, 2.05) is 49.1 Å². The Labute approximate surface area is 194 Å². The molecule has 0 amide bonds. The van der Waals surface area contributed by atoms with E-state index < -0.39 is 0 Å². The maximum Gasteiger partial charge on any atom is 0.237 e. The van der Waals surface area contributed by atoms with Gasteiger partial charge in [0.25, 0.3) is 0 Å². The molecule has 0 radical (unpaired) electrons. The van der Waals surface area contributed by atoms with Crippen LogP contribution in [0.3, 0.4) is 0 Å². The maximum absolute atomic E-state index is 4.38. The van der Waals surface area contributed by atoms with Gasteiger partial charge in [0.05, 0.1) is 0 Å². The summed E-state index contributed by atoms with van der Waals surface area (Å²) >= 11 is 0. The summed E-state index contributed by atoms with van der Waals surface area (Å²) in [5, 5.41) is 4.72. The second-order valence-corrected chi connectivity index (χ2v) is 6.55. The number of aromatic amines is 2. The van der Waals surface area contributed by atoms with Crippen molar-refractivity contribution in [2.75, 3.05) is 0 Å². The summed E-state index contributed by atoms with van der Waals surface area (Å²) in [6, 6.07) is 24.6. The Morgan fingerprint density at radius 3 is 1.33 bits per heavy atom. The molecule has 0 bridgehead atoms. The Kier molecular flexibility index (Phi) is 7.03. The van der Waals surface area contributed by atoms with E-state index in [9.17, 15) is 0 Å². The predicted octanol–water partition coefficient (Wildman–Crippen LogP) is -1.59. The molecule has 0 aliphatic carbocycles. The minimum Gasteiger partial charge on any atom is -1.00 e. The van der Waals surface area contributed by atoms with Gasteiger partial charge in [-0.15, -0.1) is 0 Å². The first-order chi connectivity index (χ1) is 13.9. The molecule has 0 atom stereocenters. The van der Waals surface area contributed by atoms with Gasteiger partial charge in [-0.3, -0.25) is 0 Å². The number of benzene rings is 2. The molecule has 2 N–H and O–H groups in total. The van der Waals surface area contributed by atoms with Crippen LogP contribution in [0, 0.1) is 0 Å². The van der Waals surface area contributed by atoms with E-state index in [1.54, 1.807) is 0 Å². The molecule has 0 aliphatic heterocycles. The van der Waals surface area contributed by atoms with Crippen LogP contribution >= 0.6 is 0 Å². The normalized spacial score (nSPS) is 10.1. The average molecular weight is 522 g/mol. The molecule has 0 saturated heterocycles. The van der Waals surface area contributed by atoms with Crippen molar-refractivity contribution in [2.45, 2.75) is 0 Å². The van der Waals surface area contributed by atoms with Crippen molar-refractivity contribution in [2.24, 2.45) is 0 Å². The Morgan fingerprint density at radius 2 is 0.867 bits per heavy atom. The lowest BCUT2D eigenvalue weighted by Gasteiger charge is -1.96. The molecule has 0 unspecified atom stereocenters. The Balaban J connectivity index is 0.000000160. The van der Waals surface area contributed by atoms with Crippen molar-refractivity contribution in [1.29, 1.82) is 0 Å². The first-order valence-corrected chi connectivity index (χ1v) is 9.18. The highest BCUT2D eigenvalue weighted by atomic mass is 79.9. The van der Waals surface area contributed by atoms with Crippen LogP contribution in [0.4, 0.5) is 0 Å². The number of pyridine rings is 4. The van der Waals surface area contributed by atoms with Gasteiger partial charge in [-0.2, -0.15) is 0 Å². The van der Waals surface area contributed by atoms with Gasteiger partial charge in [-0.25, -0.2) is 19.9 Å². The van der Waals surface area contributed by atoms with E-state index >= 15 is 0 Å². The first kappa shape index (κ1) is 21.7. The minimum atomic E-state index is 0. The summed E-state index contributed by atoms with van der Waals surface area (Å²) in [6.07, 6.45) is 7.50. The molecule has 2 aromatic carbocycles. The molecular weight excluding hydrogens is 504 g/mol. The van der Waals surface area contributed by atoms with Crippen LogP contribution in [0.1, 0.15) is 0 Å². The number of nitrogens with one attached hydrogen (secondary N) is 2. The SMILES string of the molecule is [Br-].[Br-].c1cnc2c(c1)ccc1ccc[nH+]c12.c1cnc2c(c1)ccc1ccc[nH+]c12. The highest BCUT2D eigenvalue weighted by molar-refractivity contribution is 6.01. The van der Waals surface area contributed by atoms with Crippen LogP contribution in [0.2, 0.25) is 0 Å². The third-order valence-corrected chi connectivity index (χ3v) is 4.81. The zero-order valence-corrected chi connectivity index (χ0v) is 19.1. The van der Waals surface area contributed by atoms with Gasteiger partial charge >= 0.3 is 0 Å². The summed E-state index contributed by atoms with van der Waals surface area (Å²) in [5.41, 5.74) is 4.27. The predicted molar refractivity (Wildman–Crippen MR) is 112 cm³/mol. The topological polar surface area (TPSA) is 54.1 Å². The number of hydrogen-bond donors (Lipinski definition) is 0. The molecule has 0 fully saturated rings. The number of rotatable bonds is 0. The van der Waals surface area contributed by atoms with Crippen molar-refractivity contribution in [3.8, 4) is 0 Å². The van der Waals surface area contributed by atoms with E-state index in [1.165, 1.54) is 21.5 Å². The van der Waals surface area contributed by atoms with Crippen molar-refractivity contribution in [3.63, 3.8) is 0 Å². The van der Waals surface area contributed by atoms with Crippen molar-refractivity contribution in [3.05, 3.63) is 97.6 Å². The molecule has 4 aromatic heterocycles. The van der Waals surface area contributed by atoms with E-state index in [4.69, 9.17) is 0 Å². The lowest BCUT2D eigenvalue weighted by Crippen LogP contribution is -3.00. The average Bonchev–Trinajstić information content (AvgIpc) is 2.79. The summed E-state index contributed by atoms with van der Waals surface area (Å²) in [5.74, 6) is 0. The van der Waals surface area contributed by atoms with Crippen LogP contribution in [-0.4, -0.2) is 9.97 Å². The third kappa shape index (κ3) is 4.15. The molecule has 6 rings (SSSR count). The highest BCUT2D eigenvalue weighted by Gasteiger charge is 2.06. The summed E-state index contributed by atoms with van der Waals surface area (Å²) in [4.78, 5) is 15.2. The smallest absolute Gasteiger partial charge is 0.237 e. The molecule has 4 heterocycles. The standard InChI is InChI=1S/2C12H8N2.2BrH/c2*1-3-9-5-6-10-4-2-8-14-12(10)11(9)13-7-1;;/h2*1-8H;2*1H. The molecule has 0 spiro atoms. The Morgan fingerprint density at radius 1 is 0.467 bits per heavy atom. The summed E-state index contributed by atoms with van der Waals surface area (Å²) in [7, 11) is 0. The van der Waals surface area contributed by atoms with Crippen LogP contribution in [0.25, 0.3) is 43.6 Å². The summed E-state index contributed by atoms with van der Waals surface area (Å²) < 4.78 is 0. The summed E-state index contributed by atoms with van der Waals surface area (Å²) in [6.45, 7) is 0. The molecule has 148 valence electrons. The number of halogens is 2. The lowest BCUT2D eigenvalue weighted by molar-refractivity contribution is -0.343. The highest BCUT2D eigenvalue weighted by Crippen LogP contribution is 2.19. The number of H-pyrrole nitrogens is 2. The number of aromatic nitrogens is 4. The van der Waals surface area contributed by atoms with E-state index in [0.717, 1.165) is 22.1 Å². The van der Waals surface area contributed by atoms with Gasteiger partial charge in [0.2, 0.25) is 11.0 Å². The largest absolute Gasteiger partial charge is 1.00 e. The van der Waals surface area contributed by atoms with Crippen molar-refractivity contribution in [1.82, 2.24) is 9.97 Å². The lowest BCUT2D eigenvalue weighted by atomic mass is 10.1. The maximum atomic E-state index is 4.38. The molecule has 30 heavy (non-hydrogen) atoms. The zero-order valence-electron chi connectivity index (χ0n) is 15.9. The van der Waals surface area contributed by atoms with Crippen molar-refractivity contribution >= 4 is 43.6 Å². The molecule has 0 aliphatic rings. The van der Waals surface area contributed by atoms with Crippen LogP contribution in [0.5, 0.6) is 0 Å². The monoisotopic (exact) mass is 520 g/mol. The van der Waals surface area contributed by atoms with Gasteiger partial charge in [0.15, 0.2) is 12.4 Å². The third-order valence-electron chi connectivity index (χ3n) is 4.81. The minimum absolute atomic E-state index is 0. The molecular formula is C24H18Br2N4. The fourth-order valence-corrected chi connectivity index (χ4v) is 3.47. The Bertz CT molecular complexity index is 1220. The van der Waals surface area contributed by atoms with Gasteiger partial charge in [0.1, 0.15) is 11.0 Å². The first-order valence-electron chi connectivity index (χ1n) is 9.18. The second-order valence-electron chi connectivity index (χ2n) is 6.55.